The Hall–Kier alpha value is -2.69. The molecule has 0 saturated carbocycles. The Labute approximate surface area is 116 Å². The molecule has 3 aromatic heterocycles. The molecular weight excluding hydrogens is 252 g/mol. The average molecular weight is 266 g/mol. The van der Waals surface area contributed by atoms with Crippen molar-refractivity contribution in [3.8, 4) is 0 Å². The molecule has 5 nitrogen and oxygen atoms in total. The van der Waals surface area contributed by atoms with Crippen LogP contribution in [0.2, 0.25) is 0 Å². The Morgan fingerprint density at radius 2 is 2.20 bits per heavy atom. The third-order valence-electron chi connectivity index (χ3n) is 3.13. The van der Waals surface area contributed by atoms with Gasteiger partial charge in [-0.15, -0.1) is 0 Å². The Kier molecular flexibility index (Phi) is 3.16. The lowest BCUT2D eigenvalue weighted by atomic mass is 10.1. The van der Waals surface area contributed by atoms with Gasteiger partial charge in [0.15, 0.2) is 0 Å². The topological polar surface area (TPSA) is 59.3 Å². The predicted octanol–water partition coefficient (Wildman–Crippen LogP) is 2.22. The minimum Gasteiger partial charge on any atom is -0.344 e. The molecule has 0 aromatic carbocycles. The van der Waals surface area contributed by atoms with Crippen molar-refractivity contribution in [3.63, 3.8) is 0 Å². The van der Waals surface area contributed by atoms with Crippen LogP contribution in [0, 0.1) is 0 Å². The number of imidazole rings is 1. The standard InChI is InChI=1S/C15H14N4O/c1-11(12-5-4-7-16-9-12)17-15(20)13-10-19-8-3-2-6-14(19)18-13/h2-11H,1H3,(H,17,20). The van der Waals surface area contributed by atoms with E-state index < -0.39 is 0 Å². The van der Waals surface area contributed by atoms with E-state index in [2.05, 4.69) is 15.3 Å². The van der Waals surface area contributed by atoms with E-state index in [9.17, 15) is 4.79 Å². The highest BCUT2D eigenvalue weighted by molar-refractivity contribution is 5.93. The molecule has 0 aliphatic carbocycles. The van der Waals surface area contributed by atoms with Crippen molar-refractivity contribution in [2.45, 2.75) is 13.0 Å². The first kappa shape index (κ1) is 12.3. The lowest BCUT2D eigenvalue weighted by Gasteiger charge is -2.12. The van der Waals surface area contributed by atoms with Gasteiger partial charge in [0, 0.05) is 24.8 Å². The fourth-order valence-electron chi connectivity index (χ4n) is 2.03. The van der Waals surface area contributed by atoms with E-state index in [4.69, 9.17) is 0 Å². The first-order chi connectivity index (χ1) is 9.74. The molecule has 1 N–H and O–H groups in total. The van der Waals surface area contributed by atoms with E-state index in [0.717, 1.165) is 11.2 Å². The van der Waals surface area contributed by atoms with Crippen molar-refractivity contribution < 1.29 is 4.79 Å². The van der Waals surface area contributed by atoms with Gasteiger partial charge in [0.05, 0.1) is 6.04 Å². The SMILES string of the molecule is CC(NC(=O)c1cn2ccccc2n1)c1cccnc1. The maximum absolute atomic E-state index is 12.2. The molecule has 1 atom stereocenters. The zero-order chi connectivity index (χ0) is 13.9. The van der Waals surface area contributed by atoms with Crippen LogP contribution in [0.25, 0.3) is 5.65 Å². The van der Waals surface area contributed by atoms with Crippen molar-refractivity contribution in [2.75, 3.05) is 0 Å². The third-order valence-corrected chi connectivity index (χ3v) is 3.13. The molecule has 1 unspecified atom stereocenters. The van der Waals surface area contributed by atoms with Gasteiger partial charge in [-0.2, -0.15) is 0 Å². The summed E-state index contributed by atoms with van der Waals surface area (Å²) in [5, 5.41) is 2.92. The number of hydrogen-bond donors (Lipinski definition) is 1. The molecule has 5 heteroatoms. The van der Waals surface area contributed by atoms with E-state index >= 15 is 0 Å². The van der Waals surface area contributed by atoms with Gasteiger partial charge in [-0.25, -0.2) is 4.98 Å². The van der Waals surface area contributed by atoms with Crippen molar-refractivity contribution >= 4 is 11.6 Å². The summed E-state index contributed by atoms with van der Waals surface area (Å²) in [6, 6.07) is 9.32. The molecule has 20 heavy (non-hydrogen) atoms. The Morgan fingerprint density at radius 3 is 2.95 bits per heavy atom. The van der Waals surface area contributed by atoms with Crippen molar-refractivity contribution in [3.05, 3.63) is 66.4 Å². The molecule has 0 aliphatic heterocycles. The molecule has 3 aromatic rings. The number of hydrogen-bond acceptors (Lipinski definition) is 3. The van der Waals surface area contributed by atoms with Crippen molar-refractivity contribution in [2.24, 2.45) is 0 Å². The van der Waals surface area contributed by atoms with Crippen LogP contribution in [0.4, 0.5) is 0 Å². The predicted molar refractivity (Wildman–Crippen MR) is 75.3 cm³/mol. The highest BCUT2D eigenvalue weighted by atomic mass is 16.1. The Morgan fingerprint density at radius 1 is 1.30 bits per heavy atom. The summed E-state index contributed by atoms with van der Waals surface area (Å²) in [5.74, 6) is -0.190. The second-order valence-electron chi connectivity index (χ2n) is 4.57. The van der Waals surface area contributed by atoms with Crippen LogP contribution in [-0.2, 0) is 0 Å². The van der Waals surface area contributed by atoms with E-state index in [-0.39, 0.29) is 11.9 Å². The first-order valence-corrected chi connectivity index (χ1v) is 6.38. The van der Waals surface area contributed by atoms with Crippen LogP contribution in [0.15, 0.2) is 55.1 Å². The van der Waals surface area contributed by atoms with Gasteiger partial charge in [0.25, 0.3) is 5.91 Å². The fourth-order valence-corrected chi connectivity index (χ4v) is 2.03. The lowest BCUT2D eigenvalue weighted by Crippen LogP contribution is -2.26. The van der Waals surface area contributed by atoms with Crippen LogP contribution in [0.5, 0.6) is 0 Å². The van der Waals surface area contributed by atoms with Crippen LogP contribution in [-0.4, -0.2) is 20.3 Å². The highest BCUT2D eigenvalue weighted by Gasteiger charge is 2.14. The molecule has 3 heterocycles. The van der Waals surface area contributed by atoms with Crippen LogP contribution in [0.1, 0.15) is 29.0 Å². The van der Waals surface area contributed by atoms with E-state index in [0.29, 0.717) is 5.69 Å². The number of amides is 1. The molecule has 100 valence electrons. The van der Waals surface area contributed by atoms with Gasteiger partial charge in [-0.3, -0.25) is 9.78 Å². The van der Waals surface area contributed by atoms with Crippen LogP contribution < -0.4 is 5.32 Å². The van der Waals surface area contributed by atoms with Crippen molar-refractivity contribution in [1.29, 1.82) is 0 Å². The van der Waals surface area contributed by atoms with Gasteiger partial charge in [0.1, 0.15) is 11.3 Å². The zero-order valence-corrected chi connectivity index (χ0v) is 11.0. The van der Waals surface area contributed by atoms with Gasteiger partial charge in [-0.1, -0.05) is 12.1 Å². The zero-order valence-electron chi connectivity index (χ0n) is 11.0. The van der Waals surface area contributed by atoms with E-state index in [1.54, 1.807) is 18.6 Å². The minimum absolute atomic E-state index is 0.110. The number of nitrogens with one attached hydrogen (secondary N) is 1. The quantitative estimate of drug-likeness (QED) is 0.790. The lowest BCUT2D eigenvalue weighted by molar-refractivity contribution is 0.0935. The van der Waals surface area contributed by atoms with E-state index in [1.807, 2.05) is 47.9 Å². The minimum atomic E-state index is -0.190. The van der Waals surface area contributed by atoms with Gasteiger partial charge in [0.2, 0.25) is 0 Å². The van der Waals surface area contributed by atoms with Gasteiger partial charge < -0.3 is 9.72 Å². The second kappa shape index (κ2) is 5.13. The molecule has 0 bridgehead atoms. The number of rotatable bonds is 3. The van der Waals surface area contributed by atoms with Gasteiger partial charge >= 0.3 is 0 Å². The molecule has 0 saturated heterocycles. The molecule has 0 spiro atoms. The second-order valence-corrected chi connectivity index (χ2v) is 4.57. The maximum Gasteiger partial charge on any atom is 0.271 e. The number of carbonyl (C=O) groups excluding carboxylic acids is 1. The third kappa shape index (κ3) is 2.38. The van der Waals surface area contributed by atoms with Crippen LogP contribution in [0.3, 0.4) is 0 Å². The molecule has 0 radical (unpaired) electrons. The maximum atomic E-state index is 12.2. The van der Waals surface area contributed by atoms with E-state index in [1.165, 1.54) is 0 Å². The highest BCUT2D eigenvalue weighted by Crippen LogP contribution is 2.11. The molecule has 0 aliphatic rings. The Bertz CT molecular complexity index is 703. The molecule has 0 fully saturated rings. The summed E-state index contributed by atoms with van der Waals surface area (Å²) in [5.41, 5.74) is 2.13. The summed E-state index contributed by atoms with van der Waals surface area (Å²) in [6.07, 6.45) is 7.04. The number of aromatic nitrogens is 3. The summed E-state index contributed by atoms with van der Waals surface area (Å²) in [6.45, 7) is 1.92. The largest absolute Gasteiger partial charge is 0.344 e. The molecular formula is C15H14N4O. The number of carbonyl (C=O) groups is 1. The van der Waals surface area contributed by atoms with Crippen LogP contribution >= 0.6 is 0 Å². The molecule has 1 amide bonds. The number of pyridine rings is 2. The summed E-state index contributed by atoms with van der Waals surface area (Å²) in [4.78, 5) is 20.5. The average Bonchev–Trinajstić information content (AvgIpc) is 2.92. The summed E-state index contributed by atoms with van der Waals surface area (Å²) < 4.78 is 1.82. The monoisotopic (exact) mass is 266 g/mol. The first-order valence-electron chi connectivity index (χ1n) is 6.38. The van der Waals surface area contributed by atoms with Gasteiger partial charge in [-0.05, 0) is 30.7 Å². The fraction of sp³-hybridized carbons (Fsp3) is 0.133. The normalized spacial score (nSPS) is 12.2. The Balaban J connectivity index is 1.79. The summed E-state index contributed by atoms with van der Waals surface area (Å²) in [7, 11) is 0. The molecule has 3 rings (SSSR count). The smallest absolute Gasteiger partial charge is 0.271 e. The summed E-state index contributed by atoms with van der Waals surface area (Å²) >= 11 is 0. The number of fused-ring (bicyclic) bond motifs is 1. The number of nitrogens with zero attached hydrogens (tertiary/aromatic N) is 3. The van der Waals surface area contributed by atoms with Crippen molar-refractivity contribution in [1.82, 2.24) is 19.7 Å².